The summed E-state index contributed by atoms with van der Waals surface area (Å²) in [5.74, 6) is -0.178. The van der Waals surface area contributed by atoms with Crippen LogP contribution in [0, 0.1) is 0 Å². The van der Waals surface area contributed by atoms with E-state index in [1.165, 1.54) is 41.5 Å². The minimum absolute atomic E-state index is 0. The zero-order valence-electron chi connectivity index (χ0n) is 47.9. The van der Waals surface area contributed by atoms with Gasteiger partial charge in [-0.1, -0.05) is 41.5 Å². The summed E-state index contributed by atoms with van der Waals surface area (Å²) in [5, 5.41) is 110. The molecule has 18 nitrogen and oxygen atoms in total. The van der Waals surface area contributed by atoms with Crippen LogP contribution in [-0.2, 0) is 51.2 Å². The van der Waals surface area contributed by atoms with Crippen LogP contribution >= 0.6 is 0 Å². The van der Waals surface area contributed by atoms with Crippen molar-refractivity contribution in [2.24, 2.45) is 61.4 Å². The Hall–Kier alpha value is -3.60. The third kappa shape index (κ3) is 78.8. The third-order valence-electron chi connectivity index (χ3n) is 6.06. The van der Waals surface area contributed by atoms with Crippen molar-refractivity contribution in [2.45, 2.75) is 241 Å². The van der Waals surface area contributed by atoms with E-state index in [1.807, 2.05) is 125 Å². The Labute approximate surface area is 450 Å². The van der Waals surface area contributed by atoms with E-state index < -0.39 is 0 Å². The van der Waals surface area contributed by atoms with Crippen molar-refractivity contribution in [1.29, 1.82) is 0 Å². The summed E-state index contributed by atoms with van der Waals surface area (Å²) in [6, 6.07) is 0. The molecule has 0 saturated heterocycles. The molecule has 0 aliphatic rings. The van der Waals surface area contributed by atoms with Crippen LogP contribution in [0.25, 0.3) is 0 Å². The fourth-order valence-corrected chi connectivity index (χ4v) is 1.77. The molecular formula is C48H90Fe3N12O6. The van der Waals surface area contributed by atoms with Gasteiger partial charge in [-0.05, 0) is 166 Å². The van der Waals surface area contributed by atoms with Gasteiger partial charge >= 0.3 is 51.2 Å². The number of hydrogen-bond donors (Lipinski definition) is 0. The van der Waals surface area contributed by atoms with Gasteiger partial charge in [0.25, 0.3) is 0 Å². The van der Waals surface area contributed by atoms with E-state index in [4.69, 9.17) is 0 Å². The molecule has 0 fully saturated rings. The molecule has 0 aromatic heterocycles. The summed E-state index contributed by atoms with van der Waals surface area (Å²) in [6.07, 6.45) is 0. The van der Waals surface area contributed by atoms with Gasteiger partial charge in [0, 0.05) is 34.2 Å². The number of azo groups is 6. The molecule has 402 valence electrons. The quantitative estimate of drug-likeness (QED) is 0.141. The number of allylic oxidation sites excluding steroid dienone is 12. The molecule has 0 radical (unpaired) electrons. The monoisotopic (exact) mass is 1100 g/mol. The van der Waals surface area contributed by atoms with Gasteiger partial charge in [0.1, 0.15) is 0 Å². The summed E-state index contributed by atoms with van der Waals surface area (Å²) in [4.78, 5) is 0. The predicted molar refractivity (Wildman–Crippen MR) is 258 cm³/mol. The topological polar surface area (TPSA) is 287 Å². The molecule has 0 heterocycles. The van der Waals surface area contributed by atoms with E-state index in [0.717, 1.165) is 0 Å². The van der Waals surface area contributed by atoms with Gasteiger partial charge in [-0.2, -0.15) is 61.4 Å². The van der Waals surface area contributed by atoms with Crippen molar-refractivity contribution in [1.82, 2.24) is 0 Å². The first-order valence-electron chi connectivity index (χ1n) is 21.6. The van der Waals surface area contributed by atoms with Crippen molar-refractivity contribution in [3.8, 4) is 0 Å². The maximum atomic E-state index is 10.7. The fourth-order valence-electron chi connectivity index (χ4n) is 1.77. The molecule has 0 bridgehead atoms. The summed E-state index contributed by atoms with van der Waals surface area (Å²) < 4.78 is 0. The summed E-state index contributed by atoms with van der Waals surface area (Å²) in [6.45, 7) is 53.7. The Morgan fingerprint density at radius 1 is 0.203 bits per heavy atom. The average molecular weight is 1100 g/mol. The molecule has 21 heteroatoms. The van der Waals surface area contributed by atoms with Gasteiger partial charge in [0.15, 0.2) is 0 Å². The van der Waals surface area contributed by atoms with Gasteiger partial charge in [-0.25, -0.2) is 0 Å². The SMILES string of the molecule is C/C([O-])=C(\C)N=NC(C)(C)C.C/C([O-])=C(\C)N=NC(C)(C)C.C/C([O-])=C(\C)N=NC(C)(C)C.C/C([O-])=C(\C)N=NC(C)(C)C.C/C([O-])=C(\C)N=NC(C)(C)C.C/C([O-])=C(\C)N=NC(C)(C)C.[Fe+2].[Fe+2].[Fe+2]. The second-order valence-electron chi connectivity index (χ2n) is 21.1. The molecule has 0 N–H and O–H groups in total. The molecular weight excluding hydrogens is 1010 g/mol. The Morgan fingerprint density at radius 2 is 0.275 bits per heavy atom. The fraction of sp³-hybridized carbons (Fsp3) is 0.750. The van der Waals surface area contributed by atoms with Crippen LogP contribution < -0.4 is 30.6 Å². The second-order valence-corrected chi connectivity index (χ2v) is 21.1. The predicted octanol–water partition coefficient (Wildman–Crippen LogP) is 11.1. The zero-order chi connectivity index (χ0) is 54.4. The third-order valence-corrected chi connectivity index (χ3v) is 6.06. The van der Waals surface area contributed by atoms with E-state index in [-0.39, 0.29) is 119 Å². The first-order valence-corrected chi connectivity index (χ1v) is 21.6. The molecule has 69 heavy (non-hydrogen) atoms. The van der Waals surface area contributed by atoms with Crippen molar-refractivity contribution in [3.05, 3.63) is 68.7 Å². The molecule has 0 rings (SSSR count). The molecule has 0 aromatic rings. The van der Waals surface area contributed by atoms with Crippen LogP contribution in [0.1, 0.15) is 208 Å². The van der Waals surface area contributed by atoms with Crippen LogP contribution in [0.5, 0.6) is 0 Å². The first-order chi connectivity index (χ1) is 29.0. The van der Waals surface area contributed by atoms with E-state index in [1.54, 1.807) is 41.5 Å². The second kappa shape index (κ2) is 40.0. The van der Waals surface area contributed by atoms with Crippen LogP contribution in [0.3, 0.4) is 0 Å². The largest absolute Gasteiger partial charge is 2.00 e. The molecule has 0 unspecified atom stereocenters. The Kier molecular flexibility index (Phi) is 49.5. The summed E-state index contributed by atoms with van der Waals surface area (Å²) in [7, 11) is 0. The van der Waals surface area contributed by atoms with Gasteiger partial charge in [0.2, 0.25) is 0 Å². The Balaban J connectivity index is -0.0000000887. The van der Waals surface area contributed by atoms with E-state index in [2.05, 4.69) is 61.4 Å². The number of hydrogen-bond acceptors (Lipinski definition) is 18. The van der Waals surface area contributed by atoms with E-state index in [0.29, 0.717) is 34.2 Å². The maximum Gasteiger partial charge on any atom is 2.00 e. The zero-order valence-corrected chi connectivity index (χ0v) is 51.2. The maximum absolute atomic E-state index is 10.7. The van der Waals surface area contributed by atoms with Gasteiger partial charge in [0.05, 0.1) is 33.2 Å². The van der Waals surface area contributed by atoms with Crippen LogP contribution in [0.2, 0.25) is 0 Å². The van der Waals surface area contributed by atoms with Crippen molar-refractivity contribution < 1.29 is 81.8 Å². The smallest absolute Gasteiger partial charge is 0.874 e. The molecule has 0 aliphatic heterocycles. The standard InChI is InChI=1S/6C8H16N2O.3Fe/c6*1-6(7(2)11)9-10-8(3,4)5;;;/h6*11H,1-5H3;;;/q;;;;;;3*+2/p-6/b6*7-6-,10-9?;;;. The number of nitrogens with zero attached hydrogens (tertiary/aromatic N) is 12. The molecule has 0 aliphatic carbocycles. The van der Waals surface area contributed by atoms with Crippen LogP contribution in [0.4, 0.5) is 0 Å². The average Bonchev–Trinajstić information content (AvgIpc) is 3.11. The van der Waals surface area contributed by atoms with E-state index in [9.17, 15) is 30.6 Å². The Morgan fingerprint density at radius 3 is 0.319 bits per heavy atom. The van der Waals surface area contributed by atoms with Crippen LogP contribution in [0.15, 0.2) is 130 Å². The molecule has 0 amide bonds. The van der Waals surface area contributed by atoms with Crippen LogP contribution in [-0.4, -0.2) is 33.2 Å². The molecule has 0 saturated carbocycles. The molecule has 0 spiro atoms. The molecule has 0 atom stereocenters. The van der Waals surface area contributed by atoms with Crippen molar-refractivity contribution in [2.75, 3.05) is 0 Å². The minimum Gasteiger partial charge on any atom is -0.874 e. The Bertz CT molecular complexity index is 1460. The van der Waals surface area contributed by atoms with E-state index >= 15 is 0 Å². The van der Waals surface area contributed by atoms with Crippen molar-refractivity contribution in [3.63, 3.8) is 0 Å². The first kappa shape index (κ1) is 85.3. The van der Waals surface area contributed by atoms with Gasteiger partial charge < -0.3 is 30.6 Å². The minimum atomic E-state index is -0.198. The van der Waals surface area contributed by atoms with Crippen molar-refractivity contribution >= 4 is 0 Å². The number of rotatable bonds is 6. The van der Waals surface area contributed by atoms with Gasteiger partial charge in [-0.15, -0.1) is 34.6 Å². The molecule has 0 aromatic carbocycles. The summed E-state index contributed by atoms with van der Waals surface area (Å²) >= 11 is 0. The summed E-state index contributed by atoms with van der Waals surface area (Å²) in [5.41, 5.74) is 1.56. The van der Waals surface area contributed by atoms with Gasteiger partial charge in [-0.3, -0.25) is 0 Å². The normalized spacial score (nSPS) is 14.7.